The summed E-state index contributed by atoms with van der Waals surface area (Å²) in [6.45, 7) is 19.0. The number of carbonyl (C=O) groups excluding carboxylic acids is 3. The number of alkyl halides is 2. The van der Waals surface area contributed by atoms with Crippen LogP contribution >= 0.6 is 12.6 Å². The van der Waals surface area contributed by atoms with Gasteiger partial charge in [0.2, 0.25) is 5.12 Å². The predicted octanol–water partition coefficient (Wildman–Crippen LogP) is 5.82. The van der Waals surface area contributed by atoms with Crippen molar-refractivity contribution in [3.8, 4) is 0 Å². The van der Waals surface area contributed by atoms with Gasteiger partial charge in [0.15, 0.2) is 17.1 Å². The van der Waals surface area contributed by atoms with E-state index < -0.39 is 69.0 Å². The van der Waals surface area contributed by atoms with Crippen LogP contribution in [-0.4, -0.2) is 69.0 Å². The number of ether oxygens (including phenoxy) is 1. The highest BCUT2D eigenvalue weighted by Crippen LogP contribution is 2.71. The van der Waals surface area contributed by atoms with Gasteiger partial charge in [-0.2, -0.15) is 0 Å². The first-order valence-electron chi connectivity index (χ1n) is 15.1. The Morgan fingerprint density at radius 1 is 1.15 bits per heavy atom. The van der Waals surface area contributed by atoms with E-state index in [9.17, 15) is 19.5 Å². The quantitative estimate of drug-likeness (QED) is 0.296. The fourth-order valence-electron chi connectivity index (χ4n) is 8.82. The Kier molecular flexibility index (Phi) is 9.79. The van der Waals surface area contributed by atoms with Crippen molar-refractivity contribution in [2.24, 2.45) is 28.6 Å². The van der Waals surface area contributed by atoms with E-state index in [0.717, 1.165) is 12.6 Å². The molecule has 4 aliphatic rings. The average molecular weight is 598 g/mol. The van der Waals surface area contributed by atoms with Crippen LogP contribution in [0.1, 0.15) is 88.0 Å². The van der Waals surface area contributed by atoms with Gasteiger partial charge in [0.1, 0.15) is 6.17 Å². The van der Waals surface area contributed by atoms with E-state index in [0.29, 0.717) is 18.5 Å². The number of aliphatic hydroxyl groups excluding tert-OH is 1. The van der Waals surface area contributed by atoms with Crippen LogP contribution in [-0.2, 0) is 19.1 Å². The minimum absolute atomic E-state index is 0.0476. The number of hydrogen-bond donors (Lipinski definition) is 2. The second-order valence-corrected chi connectivity index (χ2v) is 13.8. The molecule has 9 atom stereocenters. The summed E-state index contributed by atoms with van der Waals surface area (Å²) in [6, 6.07) is 1.38. The zero-order valence-corrected chi connectivity index (χ0v) is 26.9. The number of nitrogens with zero attached hydrogens (tertiary/aromatic N) is 1. The Bertz CT molecular complexity index is 1100. The standard InChI is InChI=1S/C24H30F2O5S.C8H19N/c1-5-19(29)31-24(20(30)32)12(2)8-14-15-10-17(25)16-9-13(27)6-7-21(16,3)23(15,26)18(28)11-22(14,24)4;1-6-9(7(2)3)8(4)5/h6-7,9,12,14-15,17-18,28H,5,8,10-11H2,1-4H3,(H,30,32);7-8H,6H2,1-5H3/t12-,14+,15+,17+,18+,21+,22+,23+,24+;/m1./s1. The molecule has 1 N–H and O–H groups in total. The number of halogens is 2. The van der Waals surface area contributed by atoms with E-state index in [2.05, 4.69) is 52.1 Å². The fourth-order valence-corrected chi connectivity index (χ4v) is 9.34. The molecule has 9 heteroatoms. The minimum atomic E-state index is -2.24. The molecule has 0 aromatic heterocycles. The Morgan fingerprint density at radius 3 is 2.20 bits per heavy atom. The number of esters is 1. The number of fused-ring (bicyclic) bond motifs is 5. The third kappa shape index (κ3) is 5.05. The molecule has 4 rings (SSSR count). The van der Waals surface area contributed by atoms with Gasteiger partial charge in [-0.15, -0.1) is 12.6 Å². The lowest BCUT2D eigenvalue weighted by atomic mass is 9.44. The molecule has 3 saturated carbocycles. The van der Waals surface area contributed by atoms with Crippen LogP contribution in [0.3, 0.4) is 0 Å². The Morgan fingerprint density at radius 2 is 1.73 bits per heavy atom. The number of rotatable bonds is 6. The molecule has 4 aliphatic carbocycles. The molecule has 0 radical (unpaired) electrons. The fraction of sp³-hybridized carbons (Fsp3) is 0.781. The summed E-state index contributed by atoms with van der Waals surface area (Å²) < 4.78 is 38.3. The summed E-state index contributed by atoms with van der Waals surface area (Å²) in [6.07, 6.45) is 0.619. The third-order valence-electron chi connectivity index (χ3n) is 10.7. The Balaban J connectivity index is 0.000000445. The molecule has 3 fully saturated rings. The van der Waals surface area contributed by atoms with E-state index >= 15 is 8.78 Å². The summed E-state index contributed by atoms with van der Waals surface area (Å²) in [4.78, 5) is 39.6. The second kappa shape index (κ2) is 11.8. The lowest BCUT2D eigenvalue weighted by Gasteiger charge is -2.63. The first kappa shape index (κ1) is 33.9. The normalized spacial score (nSPS) is 41.3. The molecule has 0 saturated heterocycles. The molecule has 0 heterocycles. The number of thiol groups is 1. The molecule has 0 aromatic rings. The Labute approximate surface area is 249 Å². The van der Waals surface area contributed by atoms with Crippen molar-refractivity contribution in [2.45, 2.75) is 124 Å². The molecule has 0 amide bonds. The smallest absolute Gasteiger partial charge is 0.306 e. The zero-order valence-electron chi connectivity index (χ0n) is 26.0. The molecule has 232 valence electrons. The van der Waals surface area contributed by atoms with Crippen LogP contribution in [0.4, 0.5) is 8.78 Å². The van der Waals surface area contributed by atoms with Gasteiger partial charge in [0.25, 0.3) is 0 Å². The summed E-state index contributed by atoms with van der Waals surface area (Å²) in [7, 11) is 0. The summed E-state index contributed by atoms with van der Waals surface area (Å²) in [5, 5.41) is 10.7. The lowest BCUT2D eigenvalue weighted by molar-refractivity contribution is -0.228. The SMILES string of the molecule is CCC(=O)O[C@]1(C(=O)S)[C@H](C)C[C@H]2[C@@H]3C[C@H](F)C4=CC(=O)C=C[C@]4(C)[C@@]3(F)[C@@H](O)C[C@@]21C.CCN(C(C)C)C(C)C. The van der Waals surface area contributed by atoms with Gasteiger partial charge in [-0.05, 0) is 84.1 Å². The highest BCUT2D eigenvalue weighted by Gasteiger charge is 2.77. The van der Waals surface area contributed by atoms with Crippen molar-refractivity contribution in [1.82, 2.24) is 4.90 Å². The molecule has 0 unspecified atom stereocenters. The topological polar surface area (TPSA) is 83.9 Å². The molecule has 0 aliphatic heterocycles. The average Bonchev–Trinajstić information content (AvgIpc) is 3.09. The maximum Gasteiger partial charge on any atom is 0.306 e. The molecular formula is C32H49F2NO5S. The number of carbonyl (C=O) groups is 3. The van der Waals surface area contributed by atoms with Gasteiger partial charge < -0.3 is 9.84 Å². The second-order valence-electron chi connectivity index (χ2n) is 13.4. The van der Waals surface area contributed by atoms with Crippen LogP contribution in [0.5, 0.6) is 0 Å². The molecule has 6 nitrogen and oxygen atoms in total. The summed E-state index contributed by atoms with van der Waals surface area (Å²) in [5.74, 6) is -2.94. The van der Waals surface area contributed by atoms with Gasteiger partial charge in [0, 0.05) is 41.2 Å². The van der Waals surface area contributed by atoms with Crippen molar-refractivity contribution in [3.05, 3.63) is 23.8 Å². The molecule has 0 spiro atoms. The van der Waals surface area contributed by atoms with E-state index in [4.69, 9.17) is 4.74 Å². The first-order valence-corrected chi connectivity index (χ1v) is 15.5. The van der Waals surface area contributed by atoms with Crippen LogP contribution < -0.4 is 0 Å². The Hall–Kier alpha value is -1.58. The molecule has 0 bridgehead atoms. The van der Waals surface area contributed by atoms with Gasteiger partial charge in [-0.1, -0.05) is 33.8 Å². The maximum atomic E-state index is 17.1. The highest BCUT2D eigenvalue weighted by atomic mass is 32.1. The first-order chi connectivity index (χ1) is 18.9. The monoisotopic (exact) mass is 597 g/mol. The predicted molar refractivity (Wildman–Crippen MR) is 159 cm³/mol. The molecular weight excluding hydrogens is 548 g/mol. The van der Waals surface area contributed by atoms with E-state index in [-0.39, 0.29) is 24.8 Å². The number of aliphatic hydroxyl groups is 1. The van der Waals surface area contributed by atoms with Crippen molar-refractivity contribution >= 4 is 29.5 Å². The lowest BCUT2D eigenvalue weighted by Crippen LogP contribution is -2.70. The molecule has 41 heavy (non-hydrogen) atoms. The summed E-state index contributed by atoms with van der Waals surface area (Å²) >= 11 is 4.09. The van der Waals surface area contributed by atoms with Crippen LogP contribution in [0.15, 0.2) is 23.8 Å². The van der Waals surface area contributed by atoms with Crippen molar-refractivity contribution < 1.29 is 33.0 Å². The van der Waals surface area contributed by atoms with Crippen LogP contribution in [0, 0.1) is 28.6 Å². The molecule has 0 aromatic carbocycles. The van der Waals surface area contributed by atoms with Gasteiger partial charge in [-0.3, -0.25) is 19.3 Å². The van der Waals surface area contributed by atoms with E-state index in [1.54, 1.807) is 20.8 Å². The minimum Gasteiger partial charge on any atom is -0.449 e. The van der Waals surface area contributed by atoms with Crippen LogP contribution in [0.2, 0.25) is 0 Å². The maximum absolute atomic E-state index is 17.1. The van der Waals surface area contributed by atoms with Gasteiger partial charge in [-0.25, -0.2) is 8.78 Å². The summed E-state index contributed by atoms with van der Waals surface area (Å²) in [5.41, 5.74) is -6.46. The zero-order chi connectivity index (χ0) is 31.3. The van der Waals surface area contributed by atoms with Gasteiger partial charge in [0.05, 0.1) is 6.10 Å². The highest BCUT2D eigenvalue weighted by molar-refractivity contribution is 7.96. The number of hydrogen-bond acceptors (Lipinski definition) is 6. The van der Waals surface area contributed by atoms with Crippen LogP contribution in [0.25, 0.3) is 0 Å². The van der Waals surface area contributed by atoms with Crippen molar-refractivity contribution in [3.63, 3.8) is 0 Å². The van der Waals surface area contributed by atoms with E-state index in [1.807, 2.05) is 0 Å². The number of allylic oxidation sites excluding steroid dienone is 4. The third-order valence-corrected chi connectivity index (χ3v) is 11.1. The number of ketones is 1. The van der Waals surface area contributed by atoms with E-state index in [1.165, 1.54) is 19.1 Å². The van der Waals surface area contributed by atoms with Crippen molar-refractivity contribution in [1.29, 1.82) is 0 Å². The largest absolute Gasteiger partial charge is 0.449 e. The van der Waals surface area contributed by atoms with Gasteiger partial charge >= 0.3 is 5.97 Å². The van der Waals surface area contributed by atoms with Crippen molar-refractivity contribution in [2.75, 3.05) is 6.54 Å².